The van der Waals surface area contributed by atoms with Gasteiger partial charge in [-0.2, -0.15) is 0 Å². The lowest BCUT2D eigenvalue weighted by Gasteiger charge is -2.28. The highest BCUT2D eigenvalue weighted by Gasteiger charge is 2.28. The molecule has 0 amide bonds. The Balaban J connectivity index is 1.72. The number of hydrogen-bond donors (Lipinski definition) is 2. The molecular formula is C32H30N4O4. The van der Waals surface area contributed by atoms with Gasteiger partial charge in [-0.3, -0.25) is 9.78 Å². The number of nitrogen functional groups attached to an aromatic ring is 1. The van der Waals surface area contributed by atoms with Crippen LogP contribution in [0.1, 0.15) is 37.5 Å². The zero-order valence-corrected chi connectivity index (χ0v) is 22.9. The highest BCUT2D eigenvalue weighted by atomic mass is 16.5. The van der Waals surface area contributed by atoms with Gasteiger partial charge in [0.15, 0.2) is 0 Å². The zero-order valence-electron chi connectivity index (χ0n) is 22.9. The van der Waals surface area contributed by atoms with E-state index in [2.05, 4.69) is 16.0 Å². The lowest BCUT2D eigenvalue weighted by atomic mass is 9.85. The summed E-state index contributed by atoms with van der Waals surface area (Å²) in [7, 11) is 0. The fourth-order valence-electron chi connectivity index (χ4n) is 5.51. The first kappa shape index (κ1) is 25.6. The van der Waals surface area contributed by atoms with Gasteiger partial charge in [0.05, 0.1) is 24.1 Å². The Morgan fingerprint density at radius 2 is 1.82 bits per heavy atom. The van der Waals surface area contributed by atoms with Gasteiger partial charge in [-0.05, 0) is 78.4 Å². The predicted molar refractivity (Wildman–Crippen MR) is 156 cm³/mol. The van der Waals surface area contributed by atoms with E-state index < -0.39 is 11.6 Å². The third-order valence-corrected chi connectivity index (χ3v) is 7.13. The van der Waals surface area contributed by atoms with Crippen molar-refractivity contribution in [3.05, 3.63) is 71.7 Å². The fourth-order valence-corrected chi connectivity index (χ4v) is 5.51. The topological polar surface area (TPSA) is 120 Å². The largest absolute Gasteiger partial charge is 0.492 e. The van der Waals surface area contributed by atoms with Crippen molar-refractivity contribution in [1.29, 1.82) is 0 Å². The number of pyridine rings is 1. The summed E-state index contributed by atoms with van der Waals surface area (Å²) in [5.74, 6) is 0.647. The second-order valence-electron chi connectivity index (χ2n) is 11.1. The molecule has 0 saturated carbocycles. The lowest BCUT2D eigenvalue weighted by Crippen LogP contribution is -2.24. The highest BCUT2D eigenvalue weighted by Crippen LogP contribution is 2.48. The number of aryl methyl sites for hydroxylation is 1. The summed E-state index contributed by atoms with van der Waals surface area (Å²) in [6, 6.07) is 12.1. The maximum atomic E-state index is 12.2. The van der Waals surface area contributed by atoms with E-state index in [1.54, 1.807) is 12.4 Å². The molecule has 1 aliphatic heterocycles. The maximum Gasteiger partial charge on any atom is 0.307 e. The number of rotatable bonds is 5. The van der Waals surface area contributed by atoms with Crippen molar-refractivity contribution in [1.82, 2.24) is 15.0 Å². The van der Waals surface area contributed by atoms with Gasteiger partial charge in [-0.25, -0.2) is 9.97 Å². The van der Waals surface area contributed by atoms with E-state index in [1.807, 2.05) is 64.2 Å². The third kappa shape index (κ3) is 4.55. The van der Waals surface area contributed by atoms with E-state index in [9.17, 15) is 9.90 Å². The van der Waals surface area contributed by atoms with Crippen LogP contribution in [0, 0.1) is 6.92 Å². The van der Waals surface area contributed by atoms with Crippen molar-refractivity contribution in [2.75, 3.05) is 12.3 Å². The van der Waals surface area contributed by atoms with Crippen molar-refractivity contribution >= 4 is 33.6 Å². The Morgan fingerprint density at radius 3 is 2.55 bits per heavy atom. The van der Waals surface area contributed by atoms with Gasteiger partial charge in [0.1, 0.15) is 17.1 Å². The quantitative estimate of drug-likeness (QED) is 0.276. The first-order valence-corrected chi connectivity index (χ1v) is 13.2. The standard InChI is InChI=1S/C32H30N4O4/c1-17-11-20-12-19(21-15-35-31(33)36-16-21)5-6-22(20)28(23(17)13-26(37)38)29-25(40-32(2,3)4)14-24-27-18(8-10-39-24)7-9-34-30(27)29/h5-7,9,11-12,14-16H,8,10,13H2,1-4H3,(H,37,38)(H2,33,35,36). The molecule has 0 atom stereocenters. The van der Waals surface area contributed by atoms with Crippen molar-refractivity contribution in [2.24, 2.45) is 0 Å². The summed E-state index contributed by atoms with van der Waals surface area (Å²) in [4.78, 5) is 25.3. The van der Waals surface area contributed by atoms with Crippen LogP contribution in [0.2, 0.25) is 0 Å². The number of anilines is 1. The van der Waals surface area contributed by atoms with Crippen LogP contribution >= 0.6 is 0 Å². The van der Waals surface area contributed by atoms with E-state index in [4.69, 9.17) is 20.2 Å². The smallest absolute Gasteiger partial charge is 0.307 e. The van der Waals surface area contributed by atoms with Crippen molar-refractivity contribution in [3.63, 3.8) is 0 Å². The summed E-state index contributed by atoms with van der Waals surface area (Å²) >= 11 is 0. The molecule has 6 rings (SSSR count). The number of ether oxygens (including phenoxy) is 2. The molecule has 3 N–H and O–H groups in total. The molecule has 0 aliphatic carbocycles. The molecule has 1 aliphatic rings. The summed E-state index contributed by atoms with van der Waals surface area (Å²) in [6.07, 6.45) is 5.84. The fraction of sp³-hybridized carbons (Fsp3) is 0.250. The van der Waals surface area contributed by atoms with Crippen LogP contribution in [0.5, 0.6) is 11.5 Å². The first-order chi connectivity index (χ1) is 19.1. The molecule has 0 bridgehead atoms. The van der Waals surface area contributed by atoms with Crippen LogP contribution in [0.25, 0.3) is 43.9 Å². The van der Waals surface area contributed by atoms with Crippen LogP contribution in [0.4, 0.5) is 5.95 Å². The van der Waals surface area contributed by atoms with Gasteiger partial charge in [-0.15, -0.1) is 0 Å². The molecule has 0 fully saturated rings. The molecule has 0 saturated heterocycles. The van der Waals surface area contributed by atoms with E-state index >= 15 is 0 Å². The monoisotopic (exact) mass is 534 g/mol. The Hall–Kier alpha value is -4.72. The van der Waals surface area contributed by atoms with E-state index in [0.717, 1.165) is 72.8 Å². The summed E-state index contributed by atoms with van der Waals surface area (Å²) < 4.78 is 12.6. The number of aliphatic carboxylic acids is 1. The van der Waals surface area contributed by atoms with Gasteiger partial charge in [0.25, 0.3) is 0 Å². The number of nitrogens with zero attached hydrogens (tertiary/aromatic N) is 3. The molecule has 0 spiro atoms. The first-order valence-electron chi connectivity index (χ1n) is 13.2. The van der Waals surface area contributed by atoms with Crippen molar-refractivity contribution < 1.29 is 19.4 Å². The normalized spacial score (nSPS) is 12.9. The predicted octanol–water partition coefficient (Wildman–Crippen LogP) is 6.14. The molecule has 2 aromatic heterocycles. The minimum absolute atomic E-state index is 0.140. The van der Waals surface area contributed by atoms with Crippen molar-refractivity contribution in [2.45, 2.75) is 46.1 Å². The number of benzene rings is 3. The van der Waals surface area contributed by atoms with Crippen LogP contribution in [0.15, 0.2) is 55.0 Å². The summed E-state index contributed by atoms with van der Waals surface area (Å²) in [6.45, 7) is 8.50. The highest BCUT2D eigenvalue weighted by molar-refractivity contribution is 6.11. The molecular weight excluding hydrogens is 504 g/mol. The molecule has 5 aromatic rings. The number of carboxylic acids is 1. The Bertz CT molecular complexity index is 1810. The number of carboxylic acid groups (broad SMARTS) is 1. The molecule has 0 radical (unpaired) electrons. The number of carbonyl (C=O) groups is 1. The Morgan fingerprint density at radius 1 is 1.05 bits per heavy atom. The third-order valence-electron chi connectivity index (χ3n) is 7.13. The second-order valence-corrected chi connectivity index (χ2v) is 11.1. The molecule has 202 valence electrons. The molecule has 3 aromatic carbocycles. The minimum Gasteiger partial charge on any atom is -0.492 e. The number of fused-ring (bicyclic) bond motifs is 1. The van der Waals surface area contributed by atoms with Crippen LogP contribution in [-0.2, 0) is 17.6 Å². The van der Waals surface area contributed by atoms with Gasteiger partial charge < -0.3 is 20.3 Å². The summed E-state index contributed by atoms with van der Waals surface area (Å²) in [5, 5.41) is 12.8. The van der Waals surface area contributed by atoms with Gasteiger partial charge in [0.2, 0.25) is 5.95 Å². The molecule has 0 unspecified atom stereocenters. The van der Waals surface area contributed by atoms with Crippen LogP contribution in [-0.4, -0.2) is 38.2 Å². The van der Waals surface area contributed by atoms with Crippen molar-refractivity contribution in [3.8, 4) is 33.8 Å². The van der Waals surface area contributed by atoms with Gasteiger partial charge >= 0.3 is 5.97 Å². The Labute approximate surface area is 231 Å². The average molecular weight is 535 g/mol. The minimum atomic E-state index is -0.906. The number of hydrogen-bond acceptors (Lipinski definition) is 7. The van der Waals surface area contributed by atoms with Crippen LogP contribution < -0.4 is 15.2 Å². The number of aromatic nitrogens is 3. The molecule has 40 heavy (non-hydrogen) atoms. The second kappa shape index (κ2) is 9.48. The maximum absolute atomic E-state index is 12.2. The average Bonchev–Trinajstić information content (AvgIpc) is 2.89. The van der Waals surface area contributed by atoms with Crippen LogP contribution in [0.3, 0.4) is 0 Å². The van der Waals surface area contributed by atoms with E-state index in [-0.39, 0.29) is 12.4 Å². The zero-order chi connectivity index (χ0) is 28.2. The number of nitrogens with two attached hydrogens (primary N) is 1. The Kier molecular flexibility index (Phi) is 6.06. The molecule has 8 heteroatoms. The lowest BCUT2D eigenvalue weighted by molar-refractivity contribution is -0.136. The van der Waals surface area contributed by atoms with Gasteiger partial charge in [0, 0.05) is 42.0 Å². The molecule has 8 nitrogen and oxygen atoms in total. The summed E-state index contributed by atoms with van der Waals surface area (Å²) in [5.41, 5.74) is 12.0. The van der Waals surface area contributed by atoms with Gasteiger partial charge in [-0.1, -0.05) is 18.2 Å². The SMILES string of the molecule is Cc1cc2cc(-c3cnc(N)nc3)ccc2c(-c2c(OC(C)(C)C)cc3c4c(ccnc24)CCO3)c1CC(=O)O. The van der Waals surface area contributed by atoms with E-state index in [0.29, 0.717) is 12.4 Å². The van der Waals surface area contributed by atoms with E-state index in [1.165, 1.54) is 0 Å². The molecule has 3 heterocycles.